The van der Waals surface area contributed by atoms with Gasteiger partial charge in [0.1, 0.15) is 11.8 Å². The molecule has 0 aliphatic rings. The molecule has 0 heterocycles. The molecule has 6 heteroatoms. The number of aliphatic carboxylic acids is 1. The molecule has 0 aromatic heterocycles. The van der Waals surface area contributed by atoms with Crippen LogP contribution >= 0.6 is 22.6 Å². The van der Waals surface area contributed by atoms with Crippen LogP contribution in [0.25, 0.3) is 0 Å². The summed E-state index contributed by atoms with van der Waals surface area (Å²) in [6.07, 6.45) is 0.144. The summed E-state index contributed by atoms with van der Waals surface area (Å²) in [5.41, 5.74) is 7.26. The third-order valence-corrected chi connectivity index (χ3v) is 4.33. The summed E-state index contributed by atoms with van der Waals surface area (Å²) in [5, 5.41) is 18.8. The van der Waals surface area contributed by atoms with E-state index in [0.717, 1.165) is 9.13 Å². The third-order valence-electron chi connectivity index (χ3n) is 3.17. The van der Waals surface area contributed by atoms with E-state index >= 15 is 0 Å². The second-order valence-electron chi connectivity index (χ2n) is 4.96. The van der Waals surface area contributed by atoms with Gasteiger partial charge in [-0.2, -0.15) is 0 Å². The number of hydrogen-bond acceptors (Lipinski definition) is 4. The van der Waals surface area contributed by atoms with E-state index in [0.29, 0.717) is 17.1 Å². The lowest BCUT2D eigenvalue weighted by atomic mass is 10.1. The summed E-state index contributed by atoms with van der Waals surface area (Å²) in [4.78, 5) is 10.7. The first-order valence-corrected chi connectivity index (χ1v) is 7.69. The molecule has 2 aromatic rings. The Morgan fingerprint density at radius 3 is 2.64 bits per heavy atom. The molecule has 5 nitrogen and oxygen atoms in total. The molecular formula is C16H16INO4. The molecule has 2 aromatic carbocycles. The minimum atomic E-state index is -1.07. The van der Waals surface area contributed by atoms with Gasteiger partial charge in [-0.3, -0.25) is 4.79 Å². The molecule has 1 unspecified atom stereocenters. The number of benzene rings is 2. The molecule has 0 saturated carbocycles. The lowest BCUT2D eigenvalue weighted by Crippen LogP contribution is -2.32. The van der Waals surface area contributed by atoms with Crippen molar-refractivity contribution in [2.24, 2.45) is 5.73 Å². The van der Waals surface area contributed by atoms with Crippen molar-refractivity contribution in [3.8, 4) is 17.2 Å². The minimum absolute atomic E-state index is 0.0503. The summed E-state index contributed by atoms with van der Waals surface area (Å²) in [6, 6.07) is 9.41. The smallest absolute Gasteiger partial charge is 0.320 e. The molecule has 0 aliphatic heterocycles. The number of ether oxygens (including phenoxy) is 1. The summed E-state index contributed by atoms with van der Waals surface area (Å²) in [7, 11) is 0. The largest absolute Gasteiger partial charge is 0.504 e. The highest BCUT2D eigenvalue weighted by Gasteiger charge is 2.14. The Labute approximate surface area is 141 Å². The van der Waals surface area contributed by atoms with Crippen molar-refractivity contribution < 1.29 is 19.7 Å². The van der Waals surface area contributed by atoms with Crippen LogP contribution in [0.2, 0.25) is 0 Å². The maximum absolute atomic E-state index is 10.7. The number of carboxylic acid groups (broad SMARTS) is 1. The van der Waals surface area contributed by atoms with Crippen LogP contribution < -0.4 is 10.5 Å². The quantitative estimate of drug-likeness (QED) is 0.656. The minimum Gasteiger partial charge on any atom is -0.504 e. The van der Waals surface area contributed by atoms with E-state index in [4.69, 9.17) is 15.6 Å². The second kappa shape index (κ2) is 6.97. The molecule has 0 spiro atoms. The van der Waals surface area contributed by atoms with Gasteiger partial charge in [-0.25, -0.2) is 0 Å². The van der Waals surface area contributed by atoms with Crippen LogP contribution in [0.15, 0.2) is 36.4 Å². The number of halogens is 1. The third kappa shape index (κ3) is 4.11. The van der Waals surface area contributed by atoms with Gasteiger partial charge in [0.15, 0.2) is 11.5 Å². The molecule has 0 fully saturated rings. The van der Waals surface area contributed by atoms with Gasteiger partial charge >= 0.3 is 5.97 Å². The van der Waals surface area contributed by atoms with Crippen molar-refractivity contribution >= 4 is 28.6 Å². The number of aryl methyl sites for hydroxylation is 1. The first kappa shape index (κ1) is 16.6. The molecule has 0 saturated heterocycles. The van der Waals surface area contributed by atoms with Crippen LogP contribution in [-0.2, 0) is 11.2 Å². The Balaban J connectivity index is 2.15. The first-order valence-electron chi connectivity index (χ1n) is 6.61. The molecule has 0 aliphatic carbocycles. The number of nitrogens with two attached hydrogens (primary N) is 1. The van der Waals surface area contributed by atoms with Gasteiger partial charge < -0.3 is 20.7 Å². The van der Waals surface area contributed by atoms with Crippen molar-refractivity contribution in [1.82, 2.24) is 0 Å². The molecule has 22 heavy (non-hydrogen) atoms. The number of rotatable bonds is 5. The average molecular weight is 413 g/mol. The summed E-state index contributed by atoms with van der Waals surface area (Å²) < 4.78 is 6.72. The Bertz CT molecular complexity index is 703. The molecule has 0 radical (unpaired) electrons. The van der Waals surface area contributed by atoms with E-state index in [1.54, 1.807) is 12.1 Å². The van der Waals surface area contributed by atoms with Gasteiger partial charge in [0.05, 0.1) is 0 Å². The van der Waals surface area contributed by atoms with Crippen molar-refractivity contribution in [2.45, 2.75) is 19.4 Å². The number of hydrogen-bond donors (Lipinski definition) is 3. The van der Waals surface area contributed by atoms with E-state index in [9.17, 15) is 9.90 Å². The molecule has 0 amide bonds. The Kier molecular flexibility index (Phi) is 5.25. The zero-order valence-corrected chi connectivity index (χ0v) is 14.1. The lowest BCUT2D eigenvalue weighted by molar-refractivity contribution is -0.138. The molecular weight excluding hydrogens is 397 g/mol. The van der Waals surface area contributed by atoms with Crippen LogP contribution in [0.5, 0.6) is 17.2 Å². The number of carbonyl (C=O) groups is 1. The first-order chi connectivity index (χ1) is 10.4. The van der Waals surface area contributed by atoms with E-state index in [1.165, 1.54) is 6.07 Å². The van der Waals surface area contributed by atoms with Crippen LogP contribution in [-0.4, -0.2) is 22.2 Å². The molecule has 1 atom stereocenters. The van der Waals surface area contributed by atoms with Crippen LogP contribution in [0, 0.1) is 10.5 Å². The second-order valence-corrected chi connectivity index (χ2v) is 6.13. The number of carboxylic acids is 1. The molecule has 2 rings (SSSR count). The van der Waals surface area contributed by atoms with Crippen molar-refractivity contribution in [3.05, 3.63) is 51.1 Å². The lowest BCUT2D eigenvalue weighted by Gasteiger charge is -2.11. The molecule has 0 bridgehead atoms. The summed E-state index contributed by atoms with van der Waals surface area (Å²) >= 11 is 2.21. The van der Waals surface area contributed by atoms with Gasteiger partial charge in [0.2, 0.25) is 0 Å². The monoisotopic (exact) mass is 413 g/mol. The predicted octanol–water partition coefficient (Wildman–Crippen LogP) is 3.05. The van der Waals surface area contributed by atoms with Gasteiger partial charge in [-0.15, -0.1) is 0 Å². The van der Waals surface area contributed by atoms with Crippen LogP contribution in [0.4, 0.5) is 0 Å². The van der Waals surface area contributed by atoms with Gasteiger partial charge in [-0.05, 0) is 71.3 Å². The topological polar surface area (TPSA) is 92.8 Å². The zero-order valence-electron chi connectivity index (χ0n) is 11.9. The van der Waals surface area contributed by atoms with Crippen molar-refractivity contribution in [2.75, 3.05) is 0 Å². The van der Waals surface area contributed by atoms with E-state index in [2.05, 4.69) is 22.6 Å². The van der Waals surface area contributed by atoms with Crippen LogP contribution in [0.3, 0.4) is 0 Å². The highest BCUT2D eigenvalue weighted by Crippen LogP contribution is 2.32. The Morgan fingerprint density at radius 2 is 2.05 bits per heavy atom. The maximum atomic E-state index is 10.7. The number of phenols is 1. The fraction of sp³-hybridized carbons (Fsp3) is 0.188. The maximum Gasteiger partial charge on any atom is 0.320 e. The fourth-order valence-electron chi connectivity index (χ4n) is 1.88. The average Bonchev–Trinajstić information content (AvgIpc) is 2.45. The Morgan fingerprint density at radius 1 is 1.32 bits per heavy atom. The zero-order chi connectivity index (χ0) is 16.3. The van der Waals surface area contributed by atoms with E-state index < -0.39 is 12.0 Å². The normalized spacial score (nSPS) is 12.0. The van der Waals surface area contributed by atoms with E-state index in [1.807, 2.05) is 25.1 Å². The fourth-order valence-corrected chi connectivity index (χ4v) is 2.37. The number of phenolic OH excluding ortho intramolecular Hbond substituents is 1. The van der Waals surface area contributed by atoms with Gasteiger partial charge in [-0.1, -0.05) is 12.1 Å². The van der Waals surface area contributed by atoms with Crippen molar-refractivity contribution in [1.29, 1.82) is 0 Å². The molecule has 4 N–H and O–H groups in total. The highest BCUT2D eigenvalue weighted by molar-refractivity contribution is 14.1. The van der Waals surface area contributed by atoms with Crippen molar-refractivity contribution in [3.63, 3.8) is 0 Å². The standard InChI is InChI=1S/C16H16INO4/c1-9-2-4-11(8-12(9)17)22-15-5-3-10(7-14(15)19)6-13(18)16(20)21/h2-5,7-8,13,19H,6,18H2,1H3,(H,20,21). The molecule has 116 valence electrons. The number of aromatic hydroxyl groups is 1. The SMILES string of the molecule is Cc1ccc(Oc2ccc(CC(N)C(=O)O)cc2O)cc1I. The predicted molar refractivity (Wildman–Crippen MR) is 91.4 cm³/mol. The van der Waals surface area contributed by atoms with Crippen LogP contribution in [0.1, 0.15) is 11.1 Å². The Hall–Kier alpha value is -1.80. The van der Waals surface area contributed by atoms with E-state index in [-0.39, 0.29) is 12.2 Å². The summed E-state index contributed by atoms with van der Waals surface area (Å²) in [6.45, 7) is 2.00. The van der Waals surface area contributed by atoms with Gasteiger partial charge in [0, 0.05) is 3.57 Å². The van der Waals surface area contributed by atoms with Gasteiger partial charge in [0.25, 0.3) is 0 Å². The summed E-state index contributed by atoms with van der Waals surface area (Å²) in [5.74, 6) is -0.188. The highest BCUT2D eigenvalue weighted by atomic mass is 127.